The smallest absolute Gasteiger partial charge is 0.307 e. The standard InChI is InChI=1S/C110H48F6N16/c111-109(112,113)80-35-64(52-120)32-72(38-80)91-47-106(129-98-12-6-3-9-87(98)94-40-67(19-27-99(94)129)82-21-13-61(49-117)29-74(82)55-123)104(45-77(91)58-126)132-100-28-20-68(83-22-14-62(50-118)30-75(83)56-124)41-95(100)90-25-17-70(43-102(90)132)93-37-66(54-122)34-79(60-128)108(93)71-18-26-89-86-8-2-5-11-97(86)131(103(89)44-71)107-48-92(73-33-65(53-121)36-81(39-73)110(114,115)116)78(59-127)46-105(107)130-96-10-4-1-7-85(96)88-24-16-69(42-101(88)130)84-23-15-63(51-119)31-76(84)57-125/h1-48H. The maximum atomic E-state index is 15.2. The van der Waals surface area contributed by atoms with Gasteiger partial charge in [-0.3, -0.25) is 0 Å². The van der Waals surface area contributed by atoms with E-state index in [1.807, 2.05) is 182 Å². The van der Waals surface area contributed by atoms with Crippen LogP contribution in [0.15, 0.2) is 291 Å². The van der Waals surface area contributed by atoms with Crippen molar-refractivity contribution >= 4 is 87.2 Å². The molecule has 0 bridgehead atoms. The first-order valence-corrected chi connectivity index (χ1v) is 40.6. The second-order valence-corrected chi connectivity index (χ2v) is 31.5. The molecule has 0 radical (unpaired) electrons. The molecule has 0 saturated carbocycles. The average molecular weight is 1710 g/mol. The maximum Gasteiger partial charge on any atom is 0.416 e. The van der Waals surface area contributed by atoms with E-state index in [-0.39, 0.29) is 100 Å². The van der Waals surface area contributed by atoms with Crippen molar-refractivity contribution in [3.63, 3.8) is 0 Å². The highest BCUT2D eigenvalue weighted by Gasteiger charge is 2.35. The molecular formula is C110H48F6N16. The van der Waals surface area contributed by atoms with Gasteiger partial charge >= 0.3 is 12.4 Å². The van der Waals surface area contributed by atoms with E-state index in [0.717, 1.165) is 35.0 Å². The van der Waals surface area contributed by atoms with E-state index in [0.29, 0.717) is 143 Å². The van der Waals surface area contributed by atoms with Crippen molar-refractivity contribution in [3.05, 3.63) is 369 Å². The van der Waals surface area contributed by atoms with E-state index < -0.39 is 23.5 Å². The Kier molecular flexibility index (Phi) is 19.0. The minimum absolute atomic E-state index is 0.00214. The van der Waals surface area contributed by atoms with Crippen LogP contribution in [-0.4, -0.2) is 18.3 Å². The van der Waals surface area contributed by atoms with Crippen molar-refractivity contribution in [1.29, 1.82) is 63.1 Å². The van der Waals surface area contributed by atoms with Crippen molar-refractivity contribution in [1.82, 2.24) is 18.3 Å². The predicted octanol–water partition coefficient (Wildman–Crippen LogP) is 26.2. The second kappa shape index (κ2) is 31.1. The monoisotopic (exact) mass is 1710 g/mol. The van der Waals surface area contributed by atoms with Crippen LogP contribution in [0.5, 0.6) is 0 Å². The molecule has 0 fully saturated rings. The summed E-state index contributed by atoms with van der Waals surface area (Å²) in [5.41, 5.74) is 8.03. The minimum Gasteiger partial charge on any atom is -0.307 e. The number of nitriles is 12. The van der Waals surface area contributed by atoms with Gasteiger partial charge in [-0.2, -0.15) is 89.5 Å². The summed E-state index contributed by atoms with van der Waals surface area (Å²) in [4.78, 5) is 0. The Labute approximate surface area is 745 Å². The van der Waals surface area contributed by atoms with Gasteiger partial charge in [0.05, 0.1) is 218 Å². The van der Waals surface area contributed by atoms with Crippen LogP contribution < -0.4 is 0 Å². The van der Waals surface area contributed by atoms with Gasteiger partial charge < -0.3 is 18.3 Å². The number of alkyl halides is 6. The SMILES string of the molecule is N#Cc1cc(-c2cc(-n3c4ccccc4c4cc(-c5ccc(C#N)cc5C#N)ccc43)c(-n3c4ccc(-c5ccc(C#N)cc5C#N)cc4c4ccc(-c5cc(C#N)cc(C#N)c5-c5ccc6c7ccccc7n(-c7cc(-c8cc(C#N)cc(C(F)(F)F)c8)c(C#N)cc7-n7c8ccccc8c8ccc(-c9ccc(C#N)cc9C#N)cc87)c6c5)cc43)cc2C#N)cc(C(F)(F)F)c1. The first-order chi connectivity index (χ1) is 64.1. The molecule has 22 heteroatoms. The van der Waals surface area contributed by atoms with Crippen LogP contribution in [0.4, 0.5) is 26.3 Å². The fraction of sp³-hybridized carbons (Fsp3) is 0.0182. The fourth-order valence-electron chi connectivity index (χ4n) is 18.6. The molecule has 132 heavy (non-hydrogen) atoms. The topological polar surface area (TPSA) is 305 Å². The Hall–Kier alpha value is -19.8. The van der Waals surface area contributed by atoms with Gasteiger partial charge in [0.1, 0.15) is 0 Å². The van der Waals surface area contributed by atoms with Crippen molar-refractivity contribution in [2.24, 2.45) is 0 Å². The molecule has 0 amide bonds. The van der Waals surface area contributed by atoms with E-state index in [2.05, 4.69) is 60.7 Å². The number of hydrogen-bond donors (Lipinski definition) is 0. The highest BCUT2D eigenvalue weighted by atomic mass is 19.4. The molecule has 16 nitrogen and oxygen atoms in total. The van der Waals surface area contributed by atoms with Gasteiger partial charge in [-0.1, -0.05) is 121 Å². The first-order valence-electron chi connectivity index (χ1n) is 40.6. The Morgan fingerprint density at radius 3 is 0.848 bits per heavy atom. The molecule has 4 aromatic heterocycles. The molecule has 0 saturated heterocycles. The van der Waals surface area contributed by atoms with E-state index in [4.69, 9.17) is 0 Å². The molecule has 20 rings (SSSR count). The molecule has 0 N–H and O–H groups in total. The number of hydrogen-bond acceptors (Lipinski definition) is 12. The number of fused-ring (bicyclic) bond motifs is 12. The third kappa shape index (κ3) is 13.1. The third-order valence-electron chi connectivity index (χ3n) is 24.3. The quantitative estimate of drug-likeness (QED) is 0.109. The summed E-state index contributed by atoms with van der Waals surface area (Å²) >= 11 is 0. The summed E-state index contributed by atoms with van der Waals surface area (Å²) in [6.45, 7) is 0. The summed E-state index contributed by atoms with van der Waals surface area (Å²) in [5.74, 6) is 0. The molecule has 16 aromatic carbocycles. The van der Waals surface area contributed by atoms with Crippen LogP contribution >= 0.6 is 0 Å². The van der Waals surface area contributed by atoms with Crippen LogP contribution in [0.2, 0.25) is 0 Å². The van der Waals surface area contributed by atoms with Crippen molar-refractivity contribution < 1.29 is 26.3 Å². The number of benzene rings is 16. The number of rotatable bonds is 11. The molecule has 0 atom stereocenters. The van der Waals surface area contributed by atoms with Crippen molar-refractivity contribution in [3.8, 4) is 173 Å². The molecule has 0 aliphatic carbocycles. The summed E-state index contributed by atoms with van der Waals surface area (Å²) < 4.78 is 98.8. The van der Waals surface area contributed by atoms with Gasteiger partial charge in [-0.15, -0.1) is 0 Å². The number of aromatic nitrogens is 4. The molecule has 4 heterocycles. The van der Waals surface area contributed by atoms with E-state index in [1.54, 1.807) is 78.9 Å². The molecule has 0 aliphatic rings. The zero-order valence-electron chi connectivity index (χ0n) is 68.1. The lowest BCUT2D eigenvalue weighted by molar-refractivity contribution is -0.138. The molecule has 0 aliphatic heterocycles. The summed E-state index contributed by atoms with van der Waals surface area (Å²) in [6.07, 6.45) is -9.91. The lowest BCUT2D eigenvalue weighted by atomic mass is 9.88. The van der Waals surface area contributed by atoms with Crippen LogP contribution in [0.1, 0.15) is 77.9 Å². The normalized spacial score (nSPS) is 11.3. The molecule has 610 valence electrons. The molecule has 20 aromatic rings. The average Bonchev–Trinajstić information content (AvgIpc) is 1.55. The molecule has 0 spiro atoms. The fourth-order valence-corrected chi connectivity index (χ4v) is 18.6. The first kappa shape index (κ1) is 80.6. The Balaban J connectivity index is 0.876. The van der Waals surface area contributed by atoms with Gasteiger partial charge in [0.25, 0.3) is 0 Å². The number of halogens is 6. The van der Waals surface area contributed by atoms with Crippen molar-refractivity contribution in [2.45, 2.75) is 12.4 Å². The summed E-state index contributed by atoms with van der Waals surface area (Å²) in [6, 6.07) is 106. The van der Waals surface area contributed by atoms with Crippen LogP contribution in [0.25, 0.3) is 188 Å². The van der Waals surface area contributed by atoms with Crippen molar-refractivity contribution in [2.75, 3.05) is 0 Å². The van der Waals surface area contributed by atoms with Gasteiger partial charge in [0.15, 0.2) is 0 Å². The zero-order chi connectivity index (χ0) is 91.4. The largest absolute Gasteiger partial charge is 0.416 e. The summed E-state index contributed by atoms with van der Waals surface area (Å²) in [5, 5.41) is 134. The van der Waals surface area contributed by atoms with E-state index >= 15 is 26.3 Å². The second-order valence-electron chi connectivity index (χ2n) is 31.5. The zero-order valence-corrected chi connectivity index (χ0v) is 68.1. The third-order valence-corrected chi connectivity index (χ3v) is 24.3. The summed E-state index contributed by atoms with van der Waals surface area (Å²) in [7, 11) is 0. The van der Waals surface area contributed by atoms with Gasteiger partial charge in [-0.05, 0) is 231 Å². The molecule has 0 unspecified atom stereocenters. The van der Waals surface area contributed by atoms with E-state index in [9.17, 15) is 63.1 Å². The Morgan fingerprint density at radius 1 is 0.182 bits per heavy atom. The Morgan fingerprint density at radius 2 is 0.470 bits per heavy atom. The Bertz CT molecular complexity index is 9200. The van der Waals surface area contributed by atoms with Crippen LogP contribution in [0.3, 0.4) is 0 Å². The molecular weight excluding hydrogens is 1660 g/mol. The highest BCUT2D eigenvalue weighted by molar-refractivity contribution is 6.17. The predicted molar refractivity (Wildman–Crippen MR) is 488 cm³/mol. The number of para-hydroxylation sites is 3. The van der Waals surface area contributed by atoms with E-state index in [1.165, 1.54) is 36.4 Å². The lowest BCUT2D eigenvalue weighted by Crippen LogP contribution is -2.07. The highest BCUT2D eigenvalue weighted by Crippen LogP contribution is 2.50. The lowest BCUT2D eigenvalue weighted by Gasteiger charge is -2.21. The maximum absolute atomic E-state index is 15.2. The van der Waals surface area contributed by atoms with Crippen LogP contribution in [0, 0.1) is 136 Å². The number of nitrogens with zero attached hydrogens (tertiary/aromatic N) is 16. The van der Waals surface area contributed by atoms with Crippen LogP contribution in [-0.2, 0) is 12.4 Å². The minimum atomic E-state index is -4.96. The van der Waals surface area contributed by atoms with Gasteiger partial charge in [-0.25, -0.2) is 0 Å². The van der Waals surface area contributed by atoms with Gasteiger partial charge in [0, 0.05) is 59.8 Å². The van der Waals surface area contributed by atoms with Gasteiger partial charge in [0.2, 0.25) is 0 Å².